The topological polar surface area (TPSA) is 106 Å². The standard InChI is InChI=1S/C23H28N4O3.BrH/c1-5-16-8-6-15-12-27(22(24)21(15)26-16)13-19(28)14-7-9-18(25-11-20(29)30)17(10-14)23(2,3)4;/h6-10,24-25H,5,11-13H2,1-4H3,(H,29,30);1H. The largest absolute Gasteiger partial charge is 0.480 e. The number of fused-ring (bicyclic) bond motifs is 1. The van der Waals surface area contributed by atoms with Crippen molar-refractivity contribution >= 4 is 40.3 Å². The molecule has 8 heteroatoms. The first-order valence-electron chi connectivity index (χ1n) is 10.1. The molecule has 1 aromatic carbocycles. The maximum atomic E-state index is 13.0. The number of carboxylic acid groups (broad SMARTS) is 1. The lowest BCUT2D eigenvalue weighted by molar-refractivity contribution is -0.134. The Labute approximate surface area is 193 Å². The third-order valence-electron chi connectivity index (χ3n) is 5.21. The van der Waals surface area contributed by atoms with Crippen molar-refractivity contribution in [3.8, 4) is 0 Å². The fraction of sp³-hybridized carbons (Fsp3) is 0.391. The van der Waals surface area contributed by atoms with E-state index in [1.165, 1.54) is 0 Å². The summed E-state index contributed by atoms with van der Waals surface area (Å²) in [4.78, 5) is 30.2. The highest BCUT2D eigenvalue weighted by atomic mass is 79.9. The Balaban J connectivity index is 0.00000341. The number of halogens is 1. The molecule has 0 spiro atoms. The van der Waals surface area contributed by atoms with Crippen molar-refractivity contribution in [2.24, 2.45) is 0 Å². The molecule has 0 fully saturated rings. The second-order valence-electron chi connectivity index (χ2n) is 8.55. The molecule has 3 N–H and O–H groups in total. The number of carbonyl (C=O) groups is 2. The van der Waals surface area contributed by atoms with E-state index in [0.29, 0.717) is 23.5 Å². The van der Waals surface area contributed by atoms with Crippen LogP contribution in [0.1, 0.15) is 60.6 Å². The van der Waals surface area contributed by atoms with E-state index >= 15 is 0 Å². The van der Waals surface area contributed by atoms with E-state index in [1.54, 1.807) is 17.0 Å². The minimum atomic E-state index is -0.943. The van der Waals surface area contributed by atoms with E-state index in [1.807, 2.05) is 45.9 Å². The number of benzene rings is 1. The van der Waals surface area contributed by atoms with Crippen LogP contribution in [0.2, 0.25) is 0 Å². The Morgan fingerprint density at radius 3 is 2.55 bits per heavy atom. The number of hydrogen-bond donors (Lipinski definition) is 3. The molecule has 1 aromatic heterocycles. The van der Waals surface area contributed by atoms with Crippen molar-refractivity contribution < 1.29 is 14.7 Å². The Kier molecular flexibility index (Phi) is 7.59. The zero-order valence-electron chi connectivity index (χ0n) is 18.3. The predicted octanol–water partition coefficient (Wildman–Crippen LogP) is 4.04. The maximum Gasteiger partial charge on any atom is 0.322 e. The number of ketones is 1. The SMILES string of the molecule is Br.CCc1ccc2c(n1)C(=N)N(CC(=O)c1ccc(NCC(=O)O)c(C(C)(C)C)c1)C2. The lowest BCUT2D eigenvalue weighted by Gasteiger charge is -2.24. The van der Waals surface area contributed by atoms with E-state index in [4.69, 9.17) is 10.5 Å². The molecule has 1 aliphatic heterocycles. The lowest BCUT2D eigenvalue weighted by atomic mass is 9.84. The molecule has 0 bridgehead atoms. The number of aliphatic carboxylic acids is 1. The Bertz CT molecular complexity index is 1010. The first-order valence-corrected chi connectivity index (χ1v) is 10.1. The summed E-state index contributed by atoms with van der Waals surface area (Å²) < 4.78 is 0. The van der Waals surface area contributed by atoms with E-state index in [2.05, 4.69) is 10.3 Å². The number of Topliss-reactive ketones (excluding diaryl/α,β-unsaturated/α-hetero) is 1. The molecule has 0 aliphatic carbocycles. The van der Waals surface area contributed by atoms with Gasteiger partial charge in [0.15, 0.2) is 5.78 Å². The van der Waals surface area contributed by atoms with Crippen LogP contribution in [0.5, 0.6) is 0 Å². The Morgan fingerprint density at radius 1 is 1.23 bits per heavy atom. The minimum absolute atomic E-state index is 0. The predicted molar refractivity (Wildman–Crippen MR) is 127 cm³/mol. The summed E-state index contributed by atoms with van der Waals surface area (Å²) in [5, 5.41) is 20.3. The highest BCUT2D eigenvalue weighted by Gasteiger charge is 2.28. The van der Waals surface area contributed by atoms with Gasteiger partial charge in [-0.2, -0.15) is 0 Å². The lowest BCUT2D eigenvalue weighted by Crippen LogP contribution is -2.30. The van der Waals surface area contributed by atoms with Gasteiger partial charge in [-0.3, -0.25) is 15.0 Å². The van der Waals surface area contributed by atoms with Crippen molar-refractivity contribution in [1.82, 2.24) is 9.88 Å². The smallest absolute Gasteiger partial charge is 0.322 e. The quantitative estimate of drug-likeness (QED) is 0.507. The monoisotopic (exact) mass is 488 g/mol. The summed E-state index contributed by atoms with van der Waals surface area (Å²) in [6, 6.07) is 9.25. The summed E-state index contributed by atoms with van der Waals surface area (Å²) in [6.07, 6.45) is 0.803. The average molecular weight is 489 g/mol. The summed E-state index contributed by atoms with van der Waals surface area (Å²) in [6.45, 7) is 8.50. The molecular weight excluding hydrogens is 460 g/mol. The number of aromatic nitrogens is 1. The number of carboxylic acids is 1. The number of nitrogens with one attached hydrogen (secondary N) is 2. The van der Waals surface area contributed by atoms with Gasteiger partial charge in [0, 0.05) is 29.1 Å². The van der Waals surface area contributed by atoms with Crippen LogP contribution in [-0.4, -0.2) is 45.7 Å². The first-order chi connectivity index (χ1) is 14.1. The van der Waals surface area contributed by atoms with Crippen LogP contribution in [0.25, 0.3) is 0 Å². The number of rotatable bonds is 7. The summed E-state index contributed by atoms with van der Waals surface area (Å²) in [5.74, 6) is -0.745. The molecule has 0 radical (unpaired) electrons. The second-order valence-corrected chi connectivity index (χ2v) is 8.55. The Morgan fingerprint density at radius 2 is 1.94 bits per heavy atom. The van der Waals surface area contributed by atoms with Gasteiger partial charge < -0.3 is 15.3 Å². The van der Waals surface area contributed by atoms with Crippen LogP contribution < -0.4 is 5.32 Å². The van der Waals surface area contributed by atoms with Gasteiger partial charge in [-0.1, -0.05) is 33.8 Å². The molecule has 0 unspecified atom stereocenters. The summed E-state index contributed by atoms with van der Waals surface area (Å²) in [7, 11) is 0. The molecule has 0 atom stereocenters. The zero-order valence-corrected chi connectivity index (χ0v) is 20.0. The molecule has 31 heavy (non-hydrogen) atoms. The van der Waals surface area contributed by atoms with Crippen LogP contribution >= 0.6 is 17.0 Å². The van der Waals surface area contributed by atoms with Gasteiger partial charge in [0.1, 0.15) is 18.1 Å². The van der Waals surface area contributed by atoms with Crippen molar-refractivity contribution in [2.75, 3.05) is 18.4 Å². The van der Waals surface area contributed by atoms with Gasteiger partial charge in [0.25, 0.3) is 0 Å². The number of hydrogen-bond acceptors (Lipinski definition) is 5. The molecular formula is C23H29BrN4O3. The maximum absolute atomic E-state index is 13.0. The van der Waals surface area contributed by atoms with Crippen molar-refractivity contribution in [3.63, 3.8) is 0 Å². The number of pyridine rings is 1. The first kappa shape index (κ1) is 24.5. The summed E-state index contributed by atoms with van der Waals surface area (Å²) in [5.41, 5.74) is 4.42. The van der Waals surface area contributed by atoms with Gasteiger partial charge >= 0.3 is 5.97 Å². The molecule has 3 rings (SSSR count). The molecule has 2 aromatic rings. The van der Waals surface area contributed by atoms with E-state index in [0.717, 1.165) is 23.2 Å². The van der Waals surface area contributed by atoms with Crippen molar-refractivity contribution in [1.29, 1.82) is 5.41 Å². The minimum Gasteiger partial charge on any atom is -0.480 e. The zero-order chi connectivity index (χ0) is 22.1. The molecule has 166 valence electrons. The number of carbonyl (C=O) groups excluding carboxylic acids is 1. The van der Waals surface area contributed by atoms with E-state index < -0.39 is 5.97 Å². The fourth-order valence-corrected chi connectivity index (χ4v) is 3.56. The molecule has 7 nitrogen and oxygen atoms in total. The van der Waals surface area contributed by atoms with Crippen LogP contribution in [0.15, 0.2) is 30.3 Å². The van der Waals surface area contributed by atoms with Gasteiger partial charge in [-0.05, 0) is 41.7 Å². The van der Waals surface area contributed by atoms with Crippen LogP contribution in [0, 0.1) is 5.41 Å². The van der Waals surface area contributed by atoms with Crippen LogP contribution in [0.4, 0.5) is 5.69 Å². The van der Waals surface area contributed by atoms with Gasteiger partial charge in [0.2, 0.25) is 0 Å². The second kappa shape index (κ2) is 9.60. The van der Waals surface area contributed by atoms with Gasteiger partial charge in [0.05, 0.1) is 6.54 Å². The number of aryl methyl sites for hydroxylation is 1. The molecule has 0 saturated carbocycles. The van der Waals surface area contributed by atoms with Crippen LogP contribution in [0.3, 0.4) is 0 Å². The fourth-order valence-electron chi connectivity index (χ4n) is 3.56. The van der Waals surface area contributed by atoms with Gasteiger partial charge in [-0.25, -0.2) is 4.98 Å². The normalized spacial score (nSPS) is 12.9. The summed E-state index contributed by atoms with van der Waals surface area (Å²) >= 11 is 0. The molecule has 1 aliphatic rings. The third-order valence-corrected chi connectivity index (χ3v) is 5.21. The Hall–Kier alpha value is -2.74. The average Bonchev–Trinajstić information content (AvgIpc) is 3.00. The highest BCUT2D eigenvalue weighted by molar-refractivity contribution is 8.93. The van der Waals surface area contributed by atoms with E-state index in [9.17, 15) is 9.59 Å². The van der Waals surface area contributed by atoms with Crippen molar-refractivity contribution in [3.05, 3.63) is 58.4 Å². The third kappa shape index (κ3) is 5.50. The highest BCUT2D eigenvalue weighted by Crippen LogP contribution is 2.31. The van der Waals surface area contributed by atoms with Crippen LogP contribution in [-0.2, 0) is 23.2 Å². The number of anilines is 1. The molecule has 0 saturated heterocycles. The molecule has 2 heterocycles. The van der Waals surface area contributed by atoms with Gasteiger partial charge in [-0.15, -0.1) is 17.0 Å². The number of amidine groups is 1. The molecule has 0 amide bonds. The van der Waals surface area contributed by atoms with Crippen molar-refractivity contribution in [2.45, 2.75) is 46.1 Å². The number of nitrogens with zero attached hydrogens (tertiary/aromatic N) is 2. The van der Waals surface area contributed by atoms with E-state index in [-0.39, 0.29) is 47.1 Å².